The van der Waals surface area contributed by atoms with E-state index in [0.717, 1.165) is 18.8 Å². The molecule has 0 saturated carbocycles. The lowest BCUT2D eigenvalue weighted by molar-refractivity contribution is 0.600. The van der Waals surface area contributed by atoms with E-state index in [4.69, 9.17) is 0 Å². The topological polar surface area (TPSA) is 49.8 Å². The van der Waals surface area contributed by atoms with Crippen LogP contribution in [0.5, 0.6) is 0 Å². The molecule has 1 heterocycles. The van der Waals surface area contributed by atoms with E-state index in [0.29, 0.717) is 17.2 Å². The monoisotopic (exact) mass is 288 g/mol. The number of hydrogen-bond donors (Lipinski definition) is 2. The van der Waals surface area contributed by atoms with E-state index in [1.807, 2.05) is 26.0 Å². The molecule has 112 valence electrons. The number of nitrogens with one attached hydrogen (secondary N) is 2. The molecule has 2 rings (SSSR count). The van der Waals surface area contributed by atoms with Crippen molar-refractivity contribution in [2.75, 3.05) is 17.2 Å². The molecule has 0 radical (unpaired) electrons. The summed E-state index contributed by atoms with van der Waals surface area (Å²) in [4.78, 5) is 8.69. The van der Waals surface area contributed by atoms with Crippen LogP contribution in [0.15, 0.2) is 30.3 Å². The first kappa shape index (κ1) is 15.2. The number of hydrogen-bond acceptors (Lipinski definition) is 4. The second kappa shape index (κ2) is 7.02. The lowest BCUT2D eigenvalue weighted by Crippen LogP contribution is -2.11. The Hall–Kier alpha value is -2.17. The summed E-state index contributed by atoms with van der Waals surface area (Å²) < 4.78 is 13.8. The van der Waals surface area contributed by atoms with Crippen molar-refractivity contribution in [3.8, 4) is 0 Å². The molecule has 1 atom stereocenters. The molecule has 2 aromatic rings. The fourth-order valence-corrected chi connectivity index (χ4v) is 2.11. The van der Waals surface area contributed by atoms with Crippen LogP contribution in [0.3, 0.4) is 0 Å². The van der Waals surface area contributed by atoms with Crippen molar-refractivity contribution in [3.63, 3.8) is 0 Å². The highest BCUT2D eigenvalue weighted by atomic mass is 19.1. The molecular formula is C16H21FN4. The molecule has 1 aromatic carbocycles. The van der Waals surface area contributed by atoms with Crippen molar-refractivity contribution in [3.05, 3.63) is 47.5 Å². The van der Waals surface area contributed by atoms with E-state index in [9.17, 15) is 4.39 Å². The van der Waals surface area contributed by atoms with E-state index >= 15 is 0 Å². The maximum atomic E-state index is 13.8. The minimum absolute atomic E-state index is 0.167. The van der Waals surface area contributed by atoms with E-state index in [1.165, 1.54) is 6.07 Å². The van der Waals surface area contributed by atoms with Gasteiger partial charge in [-0.15, -0.1) is 0 Å². The molecule has 0 bridgehead atoms. The molecule has 0 saturated heterocycles. The predicted molar refractivity (Wildman–Crippen MR) is 84.0 cm³/mol. The maximum Gasteiger partial charge on any atom is 0.132 e. The Kier molecular flexibility index (Phi) is 5.09. The SMILES string of the molecule is CCCNc1cc(NC(C)c2ccccc2F)nc(C)n1. The summed E-state index contributed by atoms with van der Waals surface area (Å²) in [5.74, 6) is 1.94. The van der Waals surface area contributed by atoms with Crippen LogP contribution in [0.25, 0.3) is 0 Å². The van der Waals surface area contributed by atoms with Gasteiger partial charge in [-0.2, -0.15) is 0 Å². The molecule has 0 aliphatic heterocycles. The Morgan fingerprint density at radius 3 is 2.62 bits per heavy atom. The number of aryl methyl sites for hydroxylation is 1. The van der Waals surface area contributed by atoms with Gasteiger partial charge in [0.1, 0.15) is 23.3 Å². The first-order valence-corrected chi connectivity index (χ1v) is 7.20. The molecule has 0 amide bonds. The zero-order chi connectivity index (χ0) is 15.2. The van der Waals surface area contributed by atoms with Crippen LogP contribution < -0.4 is 10.6 Å². The van der Waals surface area contributed by atoms with Crippen molar-refractivity contribution in [2.45, 2.75) is 33.2 Å². The Morgan fingerprint density at radius 2 is 1.90 bits per heavy atom. The Bertz CT molecular complexity index is 601. The second-order valence-electron chi connectivity index (χ2n) is 5.00. The van der Waals surface area contributed by atoms with Crippen LogP contribution >= 0.6 is 0 Å². The fraction of sp³-hybridized carbons (Fsp3) is 0.375. The van der Waals surface area contributed by atoms with Gasteiger partial charge in [-0.05, 0) is 26.3 Å². The van der Waals surface area contributed by atoms with Crippen LogP contribution in [-0.4, -0.2) is 16.5 Å². The lowest BCUT2D eigenvalue weighted by Gasteiger charge is -2.16. The Balaban J connectivity index is 2.15. The van der Waals surface area contributed by atoms with Crippen molar-refractivity contribution in [1.29, 1.82) is 0 Å². The highest BCUT2D eigenvalue weighted by molar-refractivity contribution is 5.48. The van der Waals surface area contributed by atoms with Crippen LogP contribution in [0, 0.1) is 12.7 Å². The van der Waals surface area contributed by atoms with Gasteiger partial charge < -0.3 is 10.6 Å². The molecule has 0 spiro atoms. The summed E-state index contributed by atoms with van der Waals surface area (Å²) in [5, 5.41) is 6.46. The highest BCUT2D eigenvalue weighted by Crippen LogP contribution is 2.21. The van der Waals surface area contributed by atoms with E-state index in [2.05, 4.69) is 27.5 Å². The number of rotatable bonds is 6. The third kappa shape index (κ3) is 4.15. The summed E-state index contributed by atoms with van der Waals surface area (Å²) in [6.07, 6.45) is 1.03. The normalized spacial score (nSPS) is 12.0. The standard InChI is InChI=1S/C16H21FN4/c1-4-9-18-15-10-16(21-12(3)20-15)19-11(2)13-7-5-6-8-14(13)17/h5-8,10-11H,4,9H2,1-3H3,(H2,18,19,20,21). The van der Waals surface area contributed by atoms with Gasteiger partial charge in [-0.3, -0.25) is 0 Å². The molecule has 4 nitrogen and oxygen atoms in total. The first-order valence-electron chi connectivity index (χ1n) is 7.20. The molecule has 0 aliphatic carbocycles. The van der Waals surface area contributed by atoms with Crippen molar-refractivity contribution < 1.29 is 4.39 Å². The maximum absolute atomic E-state index is 13.8. The molecule has 21 heavy (non-hydrogen) atoms. The van der Waals surface area contributed by atoms with Gasteiger partial charge in [0, 0.05) is 18.2 Å². The van der Waals surface area contributed by atoms with Crippen molar-refractivity contribution in [1.82, 2.24) is 9.97 Å². The molecule has 5 heteroatoms. The van der Waals surface area contributed by atoms with E-state index in [-0.39, 0.29) is 11.9 Å². The minimum Gasteiger partial charge on any atom is -0.370 e. The highest BCUT2D eigenvalue weighted by Gasteiger charge is 2.11. The van der Waals surface area contributed by atoms with Crippen molar-refractivity contribution in [2.24, 2.45) is 0 Å². The smallest absolute Gasteiger partial charge is 0.132 e. The Morgan fingerprint density at radius 1 is 1.19 bits per heavy atom. The van der Waals surface area contributed by atoms with Crippen LogP contribution in [0.4, 0.5) is 16.0 Å². The van der Waals surface area contributed by atoms with Crippen LogP contribution in [0.2, 0.25) is 0 Å². The van der Waals surface area contributed by atoms with Gasteiger partial charge in [0.2, 0.25) is 0 Å². The first-order chi connectivity index (χ1) is 10.1. The summed E-state index contributed by atoms with van der Waals surface area (Å²) >= 11 is 0. The molecule has 2 N–H and O–H groups in total. The molecule has 0 fully saturated rings. The number of benzene rings is 1. The van der Waals surface area contributed by atoms with Crippen LogP contribution in [-0.2, 0) is 0 Å². The Labute approximate surface area is 124 Å². The zero-order valence-corrected chi connectivity index (χ0v) is 12.7. The summed E-state index contributed by atoms with van der Waals surface area (Å²) in [5.41, 5.74) is 0.622. The van der Waals surface area contributed by atoms with Gasteiger partial charge in [0.05, 0.1) is 6.04 Å². The summed E-state index contributed by atoms with van der Waals surface area (Å²) in [6, 6.07) is 8.44. The van der Waals surface area contributed by atoms with Gasteiger partial charge in [0.25, 0.3) is 0 Å². The largest absolute Gasteiger partial charge is 0.370 e. The minimum atomic E-state index is -0.215. The van der Waals surface area contributed by atoms with Crippen molar-refractivity contribution >= 4 is 11.6 Å². The number of halogens is 1. The van der Waals surface area contributed by atoms with Gasteiger partial charge in [-0.25, -0.2) is 14.4 Å². The summed E-state index contributed by atoms with van der Waals surface area (Å²) in [7, 11) is 0. The van der Waals surface area contributed by atoms with E-state index in [1.54, 1.807) is 12.1 Å². The third-order valence-electron chi connectivity index (χ3n) is 3.13. The summed E-state index contributed by atoms with van der Waals surface area (Å²) in [6.45, 7) is 6.71. The average Bonchev–Trinajstić information content (AvgIpc) is 2.45. The molecular weight excluding hydrogens is 267 g/mol. The molecule has 0 aliphatic rings. The number of anilines is 2. The average molecular weight is 288 g/mol. The quantitative estimate of drug-likeness (QED) is 0.846. The second-order valence-corrected chi connectivity index (χ2v) is 5.00. The lowest BCUT2D eigenvalue weighted by atomic mass is 10.1. The predicted octanol–water partition coefficient (Wildman–Crippen LogP) is 3.92. The van der Waals surface area contributed by atoms with Gasteiger partial charge >= 0.3 is 0 Å². The van der Waals surface area contributed by atoms with Gasteiger partial charge in [-0.1, -0.05) is 25.1 Å². The molecule has 1 aromatic heterocycles. The number of aromatic nitrogens is 2. The van der Waals surface area contributed by atoms with Gasteiger partial charge in [0.15, 0.2) is 0 Å². The van der Waals surface area contributed by atoms with Crippen LogP contribution in [0.1, 0.15) is 37.7 Å². The number of nitrogens with zero attached hydrogens (tertiary/aromatic N) is 2. The zero-order valence-electron chi connectivity index (χ0n) is 12.7. The molecule has 1 unspecified atom stereocenters. The van der Waals surface area contributed by atoms with E-state index < -0.39 is 0 Å². The third-order valence-corrected chi connectivity index (χ3v) is 3.13. The fourth-order valence-electron chi connectivity index (χ4n) is 2.11.